The van der Waals surface area contributed by atoms with E-state index in [1.54, 1.807) is 10.9 Å². The third-order valence-electron chi connectivity index (χ3n) is 3.15. The predicted octanol–water partition coefficient (Wildman–Crippen LogP) is -0.0554. The Morgan fingerprint density at radius 3 is 2.83 bits per heavy atom. The third-order valence-corrected chi connectivity index (χ3v) is 5.11. The summed E-state index contributed by atoms with van der Waals surface area (Å²) in [4.78, 5) is 0. The summed E-state index contributed by atoms with van der Waals surface area (Å²) in [7, 11) is -3.14. The summed E-state index contributed by atoms with van der Waals surface area (Å²) in [6.45, 7) is 2.80. The highest BCUT2D eigenvalue weighted by molar-refractivity contribution is 7.90. The molecule has 1 aliphatic heterocycles. The maximum absolute atomic E-state index is 12.0. The normalized spacial score (nSPS) is 18.0. The molecule has 2 heterocycles. The number of sulfonamides is 1. The van der Waals surface area contributed by atoms with Crippen molar-refractivity contribution in [3.8, 4) is 0 Å². The van der Waals surface area contributed by atoms with Crippen molar-refractivity contribution in [3.05, 3.63) is 18.5 Å². The molecule has 6 nitrogen and oxygen atoms in total. The molecule has 1 aromatic rings. The molecular formula is C11H20N4O2S. The summed E-state index contributed by atoms with van der Waals surface area (Å²) in [6, 6.07) is 1.86. The van der Waals surface area contributed by atoms with Crippen LogP contribution in [0.2, 0.25) is 0 Å². The minimum atomic E-state index is -3.14. The van der Waals surface area contributed by atoms with Crippen LogP contribution in [0, 0.1) is 0 Å². The van der Waals surface area contributed by atoms with Crippen molar-refractivity contribution in [2.45, 2.75) is 31.1 Å². The maximum atomic E-state index is 12.0. The maximum Gasteiger partial charge on any atom is 0.214 e. The molecule has 2 N–H and O–H groups in total. The fourth-order valence-electron chi connectivity index (χ4n) is 2.11. The quantitative estimate of drug-likeness (QED) is 0.712. The molecule has 0 aliphatic carbocycles. The summed E-state index contributed by atoms with van der Waals surface area (Å²) in [6.07, 6.45) is 5.76. The Labute approximate surface area is 108 Å². The van der Waals surface area contributed by atoms with Crippen molar-refractivity contribution < 1.29 is 8.42 Å². The highest BCUT2D eigenvalue weighted by atomic mass is 32.2. The van der Waals surface area contributed by atoms with Gasteiger partial charge in [0.05, 0.1) is 5.25 Å². The molecule has 102 valence electrons. The molecule has 2 rings (SSSR count). The molecule has 0 aromatic carbocycles. The Bertz CT molecular complexity index is 438. The van der Waals surface area contributed by atoms with Crippen LogP contribution in [-0.4, -0.2) is 43.1 Å². The molecule has 1 aliphatic rings. The second kappa shape index (κ2) is 6.31. The number of aryl methyl sites for hydroxylation is 1. The number of aromatic nitrogens is 2. The monoisotopic (exact) mass is 272 g/mol. The van der Waals surface area contributed by atoms with Crippen LogP contribution < -0.4 is 10.0 Å². The fraction of sp³-hybridized carbons (Fsp3) is 0.727. The van der Waals surface area contributed by atoms with Crippen LogP contribution in [0.4, 0.5) is 0 Å². The zero-order chi connectivity index (χ0) is 12.8. The summed E-state index contributed by atoms with van der Waals surface area (Å²) in [5.74, 6) is 0. The number of hydrogen-bond donors (Lipinski definition) is 2. The van der Waals surface area contributed by atoms with Gasteiger partial charge in [-0.2, -0.15) is 5.10 Å². The Morgan fingerprint density at radius 1 is 1.39 bits per heavy atom. The van der Waals surface area contributed by atoms with Gasteiger partial charge in [-0.1, -0.05) is 0 Å². The standard InChI is InChI=1S/C11H20N4O2S/c16-18(17,11-3-7-12-8-4-11)14-6-2-10-15-9-1-5-13-15/h1,5,9,11-12,14H,2-4,6-8,10H2. The second-order valence-electron chi connectivity index (χ2n) is 4.51. The Morgan fingerprint density at radius 2 is 2.17 bits per heavy atom. The second-order valence-corrected chi connectivity index (χ2v) is 6.56. The van der Waals surface area contributed by atoms with E-state index in [4.69, 9.17) is 0 Å². The van der Waals surface area contributed by atoms with Crippen molar-refractivity contribution in [3.63, 3.8) is 0 Å². The van der Waals surface area contributed by atoms with E-state index in [1.165, 1.54) is 0 Å². The Balaban J connectivity index is 1.71. The molecule has 1 aromatic heterocycles. The average molecular weight is 272 g/mol. The highest BCUT2D eigenvalue weighted by Gasteiger charge is 2.26. The van der Waals surface area contributed by atoms with Crippen LogP contribution >= 0.6 is 0 Å². The van der Waals surface area contributed by atoms with Gasteiger partial charge in [0, 0.05) is 25.5 Å². The van der Waals surface area contributed by atoms with Gasteiger partial charge in [0.15, 0.2) is 0 Å². The number of nitrogens with zero attached hydrogens (tertiary/aromatic N) is 2. The first-order valence-electron chi connectivity index (χ1n) is 6.35. The van der Waals surface area contributed by atoms with Crippen LogP contribution in [0.15, 0.2) is 18.5 Å². The van der Waals surface area contributed by atoms with Gasteiger partial charge in [-0.3, -0.25) is 4.68 Å². The van der Waals surface area contributed by atoms with Crippen LogP contribution in [0.25, 0.3) is 0 Å². The molecule has 0 amide bonds. The van der Waals surface area contributed by atoms with Crippen LogP contribution in [0.5, 0.6) is 0 Å². The molecule has 0 spiro atoms. The highest BCUT2D eigenvalue weighted by Crippen LogP contribution is 2.11. The van der Waals surface area contributed by atoms with Gasteiger partial charge >= 0.3 is 0 Å². The number of nitrogens with one attached hydrogen (secondary N) is 2. The lowest BCUT2D eigenvalue weighted by atomic mass is 10.2. The van der Waals surface area contributed by atoms with Crippen molar-refractivity contribution in [2.24, 2.45) is 0 Å². The summed E-state index contributed by atoms with van der Waals surface area (Å²) >= 11 is 0. The average Bonchev–Trinajstić information content (AvgIpc) is 2.89. The number of piperidine rings is 1. The molecule has 1 fully saturated rings. The molecule has 7 heteroatoms. The molecular weight excluding hydrogens is 252 g/mol. The van der Waals surface area contributed by atoms with E-state index in [0.29, 0.717) is 19.4 Å². The Hall–Kier alpha value is -0.920. The van der Waals surface area contributed by atoms with E-state index in [1.807, 2.05) is 12.3 Å². The van der Waals surface area contributed by atoms with E-state index in [9.17, 15) is 8.42 Å². The zero-order valence-corrected chi connectivity index (χ0v) is 11.2. The third kappa shape index (κ3) is 3.79. The lowest BCUT2D eigenvalue weighted by molar-refractivity contribution is 0.486. The lowest BCUT2D eigenvalue weighted by Crippen LogP contribution is -2.41. The van der Waals surface area contributed by atoms with E-state index in [-0.39, 0.29) is 5.25 Å². The molecule has 0 radical (unpaired) electrons. The minimum Gasteiger partial charge on any atom is -0.317 e. The molecule has 0 saturated carbocycles. The van der Waals surface area contributed by atoms with Gasteiger partial charge in [0.25, 0.3) is 0 Å². The van der Waals surface area contributed by atoms with Crippen molar-refractivity contribution in [1.82, 2.24) is 19.8 Å². The predicted molar refractivity (Wildman–Crippen MR) is 69.7 cm³/mol. The number of hydrogen-bond acceptors (Lipinski definition) is 4. The van der Waals surface area contributed by atoms with Crippen LogP contribution in [0.3, 0.4) is 0 Å². The van der Waals surface area contributed by atoms with E-state index < -0.39 is 10.0 Å². The molecule has 1 saturated heterocycles. The topological polar surface area (TPSA) is 76.0 Å². The van der Waals surface area contributed by atoms with Crippen molar-refractivity contribution in [2.75, 3.05) is 19.6 Å². The first kappa shape index (κ1) is 13.5. The van der Waals surface area contributed by atoms with Crippen molar-refractivity contribution in [1.29, 1.82) is 0 Å². The van der Waals surface area contributed by atoms with E-state index in [2.05, 4.69) is 15.1 Å². The molecule has 0 atom stereocenters. The van der Waals surface area contributed by atoms with Gasteiger partial charge in [-0.05, 0) is 38.4 Å². The number of rotatable bonds is 6. The first-order chi connectivity index (χ1) is 8.68. The van der Waals surface area contributed by atoms with Gasteiger partial charge in [0.1, 0.15) is 0 Å². The fourth-order valence-corrected chi connectivity index (χ4v) is 3.63. The Kier molecular flexibility index (Phi) is 4.73. The summed E-state index contributed by atoms with van der Waals surface area (Å²) in [5.41, 5.74) is 0. The van der Waals surface area contributed by atoms with E-state index >= 15 is 0 Å². The van der Waals surface area contributed by atoms with Gasteiger partial charge in [0.2, 0.25) is 10.0 Å². The molecule has 0 unspecified atom stereocenters. The smallest absolute Gasteiger partial charge is 0.214 e. The van der Waals surface area contributed by atoms with Gasteiger partial charge in [-0.25, -0.2) is 13.1 Å². The largest absolute Gasteiger partial charge is 0.317 e. The van der Waals surface area contributed by atoms with Crippen LogP contribution in [-0.2, 0) is 16.6 Å². The minimum absolute atomic E-state index is 0.233. The van der Waals surface area contributed by atoms with Crippen molar-refractivity contribution >= 4 is 10.0 Å². The SMILES string of the molecule is O=S(=O)(NCCCn1cccn1)C1CCNCC1. The first-order valence-corrected chi connectivity index (χ1v) is 7.90. The van der Waals surface area contributed by atoms with Gasteiger partial charge < -0.3 is 5.32 Å². The lowest BCUT2D eigenvalue weighted by Gasteiger charge is -2.22. The van der Waals surface area contributed by atoms with Crippen LogP contribution in [0.1, 0.15) is 19.3 Å². The van der Waals surface area contributed by atoms with Gasteiger partial charge in [-0.15, -0.1) is 0 Å². The van der Waals surface area contributed by atoms with E-state index in [0.717, 1.165) is 26.1 Å². The molecule has 18 heavy (non-hydrogen) atoms. The molecule has 0 bridgehead atoms. The zero-order valence-electron chi connectivity index (χ0n) is 10.4. The summed E-state index contributed by atoms with van der Waals surface area (Å²) < 4.78 is 28.5. The summed E-state index contributed by atoms with van der Waals surface area (Å²) in [5, 5.41) is 7.01.